The molecule has 0 aliphatic carbocycles. The van der Waals surface area contributed by atoms with Gasteiger partial charge < -0.3 is 24.4 Å². The quantitative estimate of drug-likeness (QED) is 0.353. The number of likely N-dealkylation sites (N-methyl/N-ethyl adjacent to an activating group) is 2. The van der Waals surface area contributed by atoms with Crippen LogP contribution in [-0.4, -0.2) is 100 Å². The van der Waals surface area contributed by atoms with E-state index in [2.05, 4.69) is 48.0 Å². The molecule has 1 saturated heterocycles. The number of nitrogens with zero attached hydrogens (tertiary/aromatic N) is 7. The zero-order chi connectivity index (χ0) is 25.4. The molecule has 6 heterocycles. The first-order chi connectivity index (χ1) is 18.0. The maximum absolute atomic E-state index is 5.88. The monoisotopic (exact) mass is 497 g/mol. The minimum atomic E-state index is 0.599. The van der Waals surface area contributed by atoms with Gasteiger partial charge in [0.1, 0.15) is 29.4 Å². The second-order valence-corrected chi connectivity index (χ2v) is 9.80. The Balaban J connectivity index is 1.33. The number of anilines is 1. The molecule has 0 saturated carbocycles. The number of fused-ring (bicyclic) bond motifs is 2. The van der Waals surface area contributed by atoms with E-state index in [1.807, 2.05) is 50.8 Å². The van der Waals surface area contributed by atoms with Crippen LogP contribution in [0.15, 0.2) is 48.9 Å². The third-order valence-corrected chi connectivity index (χ3v) is 6.81. The second-order valence-electron chi connectivity index (χ2n) is 9.80. The Morgan fingerprint density at radius 3 is 2.73 bits per heavy atom. The van der Waals surface area contributed by atoms with Gasteiger partial charge in [0.25, 0.3) is 0 Å². The van der Waals surface area contributed by atoms with Gasteiger partial charge in [0, 0.05) is 56.1 Å². The number of piperazine rings is 1. The Hall–Kier alpha value is -4.02. The van der Waals surface area contributed by atoms with E-state index in [0.717, 1.165) is 88.9 Å². The lowest BCUT2D eigenvalue weighted by molar-refractivity contribution is 0.261. The summed E-state index contributed by atoms with van der Waals surface area (Å²) < 4.78 is 5.88. The fourth-order valence-corrected chi connectivity index (χ4v) is 4.67. The SMILES string of the molecule is CN(C)CCOc1cncc(-c2ccc3[nH]nc(-c4cc5c(N6CCN(C)CC6)nccc5[nH]4)c3n2)c1. The van der Waals surface area contributed by atoms with E-state index in [1.165, 1.54) is 0 Å². The molecular weight excluding hydrogens is 466 g/mol. The van der Waals surface area contributed by atoms with Gasteiger partial charge in [0.2, 0.25) is 0 Å². The van der Waals surface area contributed by atoms with Crippen LogP contribution in [0.3, 0.4) is 0 Å². The summed E-state index contributed by atoms with van der Waals surface area (Å²) in [5, 5.41) is 8.85. The predicted octanol–water partition coefficient (Wildman–Crippen LogP) is 3.26. The highest BCUT2D eigenvalue weighted by Gasteiger charge is 2.20. The summed E-state index contributed by atoms with van der Waals surface area (Å²) in [7, 11) is 6.21. The summed E-state index contributed by atoms with van der Waals surface area (Å²) >= 11 is 0. The van der Waals surface area contributed by atoms with Crippen LogP contribution in [0, 0.1) is 0 Å². The van der Waals surface area contributed by atoms with Crippen molar-refractivity contribution in [1.82, 2.24) is 39.9 Å². The molecule has 37 heavy (non-hydrogen) atoms. The van der Waals surface area contributed by atoms with Gasteiger partial charge >= 0.3 is 0 Å². The molecule has 10 nitrogen and oxygen atoms in total. The summed E-state index contributed by atoms with van der Waals surface area (Å²) in [6, 6.07) is 10.1. The largest absolute Gasteiger partial charge is 0.491 e. The van der Waals surface area contributed by atoms with Gasteiger partial charge in [-0.05, 0) is 51.5 Å². The molecule has 1 aliphatic heterocycles. The van der Waals surface area contributed by atoms with Crippen LogP contribution < -0.4 is 9.64 Å². The van der Waals surface area contributed by atoms with Crippen molar-refractivity contribution in [2.45, 2.75) is 0 Å². The van der Waals surface area contributed by atoms with Crippen molar-refractivity contribution in [3.8, 4) is 28.4 Å². The number of nitrogens with one attached hydrogen (secondary N) is 2. The molecule has 0 unspecified atom stereocenters. The van der Waals surface area contributed by atoms with E-state index in [4.69, 9.17) is 14.7 Å². The number of rotatable bonds is 7. The van der Waals surface area contributed by atoms with Gasteiger partial charge in [-0.15, -0.1) is 0 Å². The van der Waals surface area contributed by atoms with Crippen molar-refractivity contribution in [2.75, 3.05) is 65.4 Å². The average molecular weight is 498 g/mol. The number of hydrogen-bond acceptors (Lipinski definition) is 8. The Bertz CT molecular complexity index is 1530. The van der Waals surface area contributed by atoms with Gasteiger partial charge in [0.15, 0.2) is 0 Å². The van der Waals surface area contributed by atoms with Gasteiger partial charge in [-0.3, -0.25) is 10.1 Å². The molecule has 0 bridgehead atoms. The van der Waals surface area contributed by atoms with Gasteiger partial charge in [-0.25, -0.2) is 9.97 Å². The van der Waals surface area contributed by atoms with Crippen LogP contribution in [0.2, 0.25) is 0 Å². The molecule has 0 radical (unpaired) electrons. The normalized spacial score (nSPS) is 14.8. The first-order valence-electron chi connectivity index (χ1n) is 12.5. The number of ether oxygens (including phenoxy) is 1. The molecule has 0 atom stereocenters. The highest BCUT2D eigenvalue weighted by molar-refractivity contribution is 5.98. The Kier molecular flexibility index (Phi) is 6.19. The fraction of sp³-hybridized carbons (Fsp3) is 0.333. The van der Waals surface area contributed by atoms with Crippen molar-refractivity contribution >= 4 is 27.8 Å². The standard InChI is InChI=1S/C27H31N9O/c1-34(2)12-13-37-19-14-18(16-28-17-19)21-4-5-23-25(31-21)26(33-32-23)24-15-20-22(30-24)6-7-29-27(20)36-10-8-35(3)9-11-36/h4-7,14-17,30H,8-13H2,1-3H3,(H,32,33). The predicted molar refractivity (Wildman–Crippen MR) is 146 cm³/mol. The molecule has 190 valence electrons. The number of aromatic nitrogens is 6. The Morgan fingerprint density at radius 2 is 1.89 bits per heavy atom. The summed E-state index contributed by atoms with van der Waals surface area (Å²) in [5.41, 5.74) is 6.12. The molecular formula is C27H31N9O. The number of aromatic amines is 2. The van der Waals surface area contributed by atoms with Crippen LogP contribution in [0.5, 0.6) is 5.75 Å². The summed E-state index contributed by atoms with van der Waals surface area (Å²) in [6.07, 6.45) is 5.41. The van der Waals surface area contributed by atoms with E-state index >= 15 is 0 Å². The van der Waals surface area contributed by atoms with Crippen molar-refractivity contribution < 1.29 is 4.74 Å². The molecule has 6 rings (SSSR count). The molecule has 5 aromatic rings. The number of H-pyrrole nitrogens is 2. The lowest BCUT2D eigenvalue weighted by Gasteiger charge is -2.33. The maximum atomic E-state index is 5.88. The molecule has 1 aliphatic rings. The van der Waals surface area contributed by atoms with E-state index in [9.17, 15) is 0 Å². The highest BCUT2D eigenvalue weighted by atomic mass is 16.5. The Morgan fingerprint density at radius 1 is 1.03 bits per heavy atom. The molecule has 10 heteroatoms. The third-order valence-electron chi connectivity index (χ3n) is 6.81. The van der Waals surface area contributed by atoms with Crippen LogP contribution in [0.1, 0.15) is 0 Å². The summed E-state index contributed by atoms with van der Waals surface area (Å²) in [6.45, 7) is 5.42. The number of hydrogen-bond donors (Lipinski definition) is 2. The second kappa shape index (κ2) is 9.79. The zero-order valence-electron chi connectivity index (χ0n) is 21.4. The fourth-order valence-electron chi connectivity index (χ4n) is 4.67. The van der Waals surface area contributed by atoms with Crippen LogP contribution in [0.25, 0.3) is 44.6 Å². The first-order valence-corrected chi connectivity index (χ1v) is 12.5. The summed E-state index contributed by atoms with van der Waals surface area (Å²) in [5.74, 6) is 1.74. The maximum Gasteiger partial charge on any atom is 0.138 e. The lowest BCUT2D eigenvalue weighted by atomic mass is 10.1. The molecule has 2 N–H and O–H groups in total. The van der Waals surface area contributed by atoms with Crippen molar-refractivity contribution in [2.24, 2.45) is 0 Å². The minimum Gasteiger partial charge on any atom is -0.491 e. The minimum absolute atomic E-state index is 0.599. The molecule has 5 aromatic heterocycles. The van der Waals surface area contributed by atoms with E-state index in [0.29, 0.717) is 6.61 Å². The number of pyridine rings is 3. The van der Waals surface area contributed by atoms with Crippen molar-refractivity contribution in [3.63, 3.8) is 0 Å². The van der Waals surface area contributed by atoms with Crippen molar-refractivity contribution in [1.29, 1.82) is 0 Å². The van der Waals surface area contributed by atoms with Crippen LogP contribution in [-0.2, 0) is 0 Å². The van der Waals surface area contributed by atoms with Gasteiger partial charge in [-0.2, -0.15) is 5.10 Å². The van der Waals surface area contributed by atoms with Crippen LogP contribution in [0.4, 0.5) is 5.82 Å². The lowest BCUT2D eigenvalue weighted by Crippen LogP contribution is -2.44. The molecule has 1 fully saturated rings. The topological polar surface area (TPSA) is 102 Å². The van der Waals surface area contributed by atoms with E-state index < -0.39 is 0 Å². The zero-order valence-corrected chi connectivity index (χ0v) is 21.4. The van der Waals surface area contributed by atoms with E-state index in [-0.39, 0.29) is 0 Å². The Labute approximate surface area is 215 Å². The summed E-state index contributed by atoms with van der Waals surface area (Å²) in [4.78, 5) is 24.4. The van der Waals surface area contributed by atoms with Crippen molar-refractivity contribution in [3.05, 3.63) is 48.9 Å². The smallest absolute Gasteiger partial charge is 0.138 e. The molecule has 0 aromatic carbocycles. The van der Waals surface area contributed by atoms with Gasteiger partial charge in [-0.1, -0.05) is 0 Å². The first kappa shape index (κ1) is 23.4. The van der Waals surface area contributed by atoms with Crippen LogP contribution >= 0.6 is 0 Å². The molecule has 0 amide bonds. The third kappa shape index (κ3) is 4.73. The average Bonchev–Trinajstić information content (AvgIpc) is 3.53. The molecule has 0 spiro atoms. The van der Waals surface area contributed by atoms with Gasteiger partial charge in [0.05, 0.1) is 28.6 Å². The van der Waals surface area contributed by atoms with E-state index in [1.54, 1.807) is 6.20 Å². The highest BCUT2D eigenvalue weighted by Crippen LogP contribution is 2.33.